The smallest absolute Gasteiger partial charge is 0.321 e. The minimum Gasteiger partial charge on any atom is -0.465 e. The molecule has 1 aromatic heterocycles. The van der Waals surface area contributed by atoms with Gasteiger partial charge < -0.3 is 14.0 Å². The van der Waals surface area contributed by atoms with E-state index in [-0.39, 0.29) is 18.0 Å². The summed E-state index contributed by atoms with van der Waals surface area (Å²) in [5.41, 5.74) is -0.767. The fourth-order valence-electron chi connectivity index (χ4n) is 2.97. The Bertz CT molecular complexity index is 478. The molecule has 2 rings (SSSR count). The molecule has 21 heavy (non-hydrogen) atoms. The first-order chi connectivity index (χ1) is 10.0. The van der Waals surface area contributed by atoms with E-state index in [1.807, 2.05) is 13.8 Å². The number of esters is 1. The van der Waals surface area contributed by atoms with Crippen molar-refractivity contribution < 1.29 is 18.8 Å². The summed E-state index contributed by atoms with van der Waals surface area (Å²) in [6, 6.07) is 0. The molecular weight excluding hydrogens is 272 g/mol. The van der Waals surface area contributed by atoms with Crippen molar-refractivity contribution in [2.75, 3.05) is 13.7 Å². The standard InChI is InChI=1S/C15H24N2O4/c1-5-20-14(18)15(8-6-7-9-15)13-16-12(17-21-13)11(19-4)10(2)3/h10-11H,5-9H2,1-4H3. The number of ether oxygens (including phenoxy) is 2. The van der Waals surface area contributed by atoms with Gasteiger partial charge in [0.2, 0.25) is 11.7 Å². The molecule has 0 radical (unpaired) electrons. The van der Waals surface area contributed by atoms with E-state index in [0.717, 1.165) is 12.8 Å². The Balaban J connectivity index is 2.30. The minimum atomic E-state index is -0.767. The number of hydrogen-bond donors (Lipinski definition) is 0. The van der Waals surface area contributed by atoms with E-state index in [9.17, 15) is 4.79 Å². The van der Waals surface area contributed by atoms with Crippen LogP contribution in [0.4, 0.5) is 0 Å². The summed E-state index contributed by atoms with van der Waals surface area (Å²) in [5.74, 6) is 0.841. The predicted octanol–water partition coefficient (Wildman–Crippen LogP) is 2.79. The maximum absolute atomic E-state index is 12.4. The molecule has 118 valence electrons. The summed E-state index contributed by atoms with van der Waals surface area (Å²) in [4.78, 5) is 16.8. The predicted molar refractivity (Wildman–Crippen MR) is 75.7 cm³/mol. The van der Waals surface area contributed by atoms with Gasteiger partial charge in [-0.15, -0.1) is 0 Å². The normalized spacial score (nSPS) is 18.9. The van der Waals surface area contributed by atoms with Crippen molar-refractivity contribution in [2.24, 2.45) is 5.92 Å². The van der Waals surface area contributed by atoms with Gasteiger partial charge in [-0.25, -0.2) is 0 Å². The molecule has 0 aromatic carbocycles. The molecule has 1 fully saturated rings. The molecule has 6 nitrogen and oxygen atoms in total. The summed E-state index contributed by atoms with van der Waals surface area (Å²) in [7, 11) is 1.62. The van der Waals surface area contributed by atoms with Crippen LogP contribution in [-0.4, -0.2) is 29.8 Å². The molecule has 1 heterocycles. The highest BCUT2D eigenvalue weighted by atomic mass is 16.5. The number of carbonyl (C=O) groups is 1. The van der Waals surface area contributed by atoms with Crippen LogP contribution in [0.1, 0.15) is 64.3 Å². The minimum absolute atomic E-state index is 0.225. The summed E-state index contributed by atoms with van der Waals surface area (Å²) in [6.45, 7) is 6.22. The van der Waals surface area contributed by atoms with Gasteiger partial charge in [0.25, 0.3) is 0 Å². The Kier molecular flexibility index (Phi) is 4.98. The second kappa shape index (κ2) is 6.56. The highest BCUT2D eigenvalue weighted by Crippen LogP contribution is 2.42. The number of carbonyl (C=O) groups excluding carboxylic acids is 1. The Morgan fingerprint density at radius 2 is 2.05 bits per heavy atom. The Morgan fingerprint density at radius 1 is 1.38 bits per heavy atom. The molecular formula is C15H24N2O4. The summed E-state index contributed by atoms with van der Waals surface area (Å²) >= 11 is 0. The van der Waals surface area contributed by atoms with Crippen LogP contribution in [-0.2, 0) is 19.7 Å². The first kappa shape index (κ1) is 15.9. The lowest BCUT2D eigenvalue weighted by Crippen LogP contribution is -2.35. The monoisotopic (exact) mass is 296 g/mol. The molecule has 0 saturated heterocycles. The van der Waals surface area contributed by atoms with E-state index in [0.29, 0.717) is 31.2 Å². The van der Waals surface area contributed by atoms with Gasteiger partial charge >= 0.3 is 5.97 Å². The SMILES string of the molecule is CCOC(=O)C1(c2nc(C(OC)C(C)C)no2)CCCC1. The third-order valence-corrected chi connectivity index (χ3v) is 4.09. The van der Waals surface area contributed by atoms with E-state index >= 15 is 0 Å². The number of nitrogens with zero attached hydrogens (tertiary/aromatic N) is 2. The van der Waals surface area contributed by atoms with Gasteiger partial charge in [0.1, 0.15) is 11.5 Å². The maximum atomic E-state index is 12.4. The van der Waals surface area contributed by atoms with Crippen LogP contribution < -0.4 is 0 Å². The van der Waals surface area contributed by atoms with Gasteiger partial charge in [-0.2, -0.15) is 4.98 Å². The lowest BCUT2D eigenvalue weighted by molar-refractivity contribution is -0.151. The van der Waals surface area contributed by atoms with E-state index < -0.39 is 5.41 Å². The number of methoxy groups -OCH3 is 1. The van der Waals surface area contributed by atoms with Crippen molar-refractivity contribution in [3.63, 3.8) is 0 Å². The zero-order chi connectivity index (χ0) is 15.5. The Morgan fingerprint density at radius 3 is 2.57 bits per heavy atom. The molecule has 0 aliphatic heterocycles. The molecule has 1 unspecified atom stereocenters. The first-order valence-electron chi connectivity index (χ1n) is 7.59. The van der Waals surface area contributed by atoms with Gasteiger partial charge in [0, 0.05) is 7.11 Å². The van der Waals surface area contributed by atoms with Gasteiger partial charge in [0.05, 0.1) is 6.61 Å². The van der Waals surface area contributed by atoms with Crippen LogP contribution in [0.25, 0.3) is 0 Å². The van der Waals surface area contributed by atoms with Gasteiger partial charge in [0.15, 0.2) is 0 Å². The van der Waals surface area contributed by atoms with E-state index in [1.54, 1.807) is 14.0 Å². The average molecular weight is 296 g/mol. The largest absolute Gasteiger partial charge is 0.465 e. The molecule has 1 saturated carbocycles. The lowest BCUT2D eigenvalue weighted by Gasteiger charge is -2.21. The van der Waals surface area contributed by atoms with Crippen LogP contribution in [0.5, 0.6) is 0 Å². The second-order valence-corrected chi connectivity index (χ2v) is 5.87. The molecule has 0 spiro atoms. The van der Waals surface area contributed by atoms with Gasteiger partial charge in [-0.05, 0) is 25.7 Å². The van der Waals surface area contributed by atoms with Crippen molar-refractivity contribution in [3.05, 3.63) is 11.7 Å². The maximum Gasteiger partial charge on any atom is 0.321 e. The number of rotatable bonds is 6. The van der Waals surface area contributed by atoms with Crippen molar-refractivity contribution in [3.8, 4) is 0 Å². The molecule has 0 bridgehead atoms. The zero-order valence-corrected chi connectivity index (χ0v) is 13.2. The van der Waals surface area contributed by atoms with Crippen molar-refractivity contribution >= 4 is 5.97 Å². The molecule has 1 aliphatic rings. The van der Waals surface area contributed by atoms with Crippen molar-refractivity contribution in [1.82, 2.24) is 10.1 Å². The molecule has 1 aromatic rings. The molecule has 0 N–H and O–H groups in total. The summed E-state index contributed by atoms with van der Waals surface area (Å²) < 4.78 is 16.1. The second-order valence-electron chi connectivity index (χ2n) is 5.87. The van der Waals surface area contributed by atoms with Gasteiger partial charge in [-0.3, -0.25) is 4.79 Å². The lowest BCUT2D eigenvalue weighted by atomic mass is 9.86. The van der Waals surface area contributed by atoms with E-state index in [2.05, 4.69) is 10.1 Å². The fraction of sp³-hybridized carbons (Fsp3) is 0.800. The van der Waals surface area contributed by atoms with Crippen LogP contribution in [0, 0.1) is 5.92 Å². The molecule has 1 atom stereocenters. The molecule has 1 aliphatic carbocycles. The number of hydrogen-bond acceptors (Lipinski definition) is 6. The third-order valence-electron chi connectivity index (χ3n) is 4.09. The van der Waals surface area contributed by atoms with E-state index in [4.69, 9.17) is 14.0 Å². The Labute approximate surface area is 125 Å². The van der Waals surface area contributed by atoms with Crippen LogP contribution in [0.3, 0.4) is 0 Å². The first-order valence-corrected chi connectivity index (χ1v) is 7.59. The third kappa shape index (κ3) is 2.95. The van der Waals surface area contributed by atoms with Crippen LogP contribution in [0.15, 0.2) is 4.52 Å². The van der Waals surface area contributed by atoms with E-state index in [1.165, 1.54) is 0 Å². The summed E-state index contributed by atoms with van der Waals surface area (Å²) in [5, 5.41) is 4.02. The zero-order valence-electron chi connectivity index (χ0n) is 13.2. The van der Waals surface area contributed by atoms with Crippen LogP contribution in [0.2, 0.25) is 0 Å². The van der Waals surface area contributed by atoms with Crippen LogP contribution >= 0.6 is 0 Å². The number of aromatic nitrogens is 2. The topological polar surface area (TPSA) is 74.5 Å². The quantitative estimate of drug-likeness (QED) is 0.751. The Hall–Kier alpha value is -1.43. The highest BCUT2D eigenvalue weighted by molar-refractivity contribution is 5.82. The molecule has 0 amide bonds. The van der Waals surface area contributed by atoms with Crippen molar-refractivity contribution in [2.45, 2.75) is 58.0 Å². The van der Waals surface area contributed by atoms with Crippen molar-refractivity contribution in [1.29, 1.82) is 0 Å². The fourth-order valence-corrected chi connectivity index (χ4v) is 2.97. The average Bonchev–Trinajstić information content (AvgIpc) is 3.08. The van der Waals surface area contributed by atoms with Gasteiger partial charge in [-0.1, -0.05) is 31.8 Å². The molecule has 6 heteroatoms. The summed E-state index contributed by atoms with van der Waals surface area (Å²) in [6.07, 6.45) is 3.10. The highest BCUT2D eigenvalue weighted by Gasteiger charge is 2.49.